The van der Waals surface area contributed by atoms with Crippen molar-refractivity contribution in [2.45, 2.75) is 26.3 Å². The lowest BCUT2D eigenvalue weighted by Gasteiger charge is -2.05. The van der Waals surface area contributed by atoms with E-state index in [2.05, 4.69) is 17.3 Å². The van der Waals surface area contributed by atoms with Crippen molar-refractivity contribution < 1.29 is 9.90 Å². The van der Waals surface area contributed by atoms with Gasteiger partial charge in [-0.1, -0.05) is 13.3 Å². The number of carboxylic acids is 1. The second-order valence-corrected chi connectivity index (χ2v) is 3.46. The maximum atomic E-state index is 10.8. The fourth-order valence-electron chi connectivity index (χ4n) is 1.36. The van der Waals surface area contributed by atoms with Crippen LogP contribution in [0.4, 0.5) is 0 Å². The van der Waals surface area contributed by atoms with E-state index in [-0.39, 0.29) is 5.56 Å². The van der Waals surface area contributed by atoms with E-state index in [9.17, 15) is 4.79 Å². The molecule has 0 bridgehead atoms. The number of rotatable bonds is 6. The van der Waals surface area contributed by atoms with Crippen LogP contribution in [0.25, 0.3) is 0 Å². The fourth-order valence-corrected chi connectivity index (χ4v) is 1.36. The van der Waals surface area contributed by atoms with Gasteiger partial charge in [0.05, 0.1) is 11.9 Å². The SMILES string of the molecule is CCCCNCc1c(C(=O)O)cnn1C. The van der Waals surface area contributed by atoms with E-state index in [1.807, 2.05) is 0 Å². The zero-order chi connectivity index (χ0) is 11.3. The van der Waals surface area contributed by atoms with Crippen molar-refractivity contribution >= 4 is 5.97 Å². The van der Waals surface area contributed by atoms with E-state index in [4.69, 9.17) is 5.11 Å². The minimum absolute atomic E-state index is 0.279. The molecule has 0 aliphatic rings. The van der Waals surface area contributed by atoms with Crippen LogP contribution in [-0.4, -0.2) is 27.4 Å². The molecule has 1 heterocycles. The quantitative estimate of drug-likeness (QED) is 0.689. The topological polar surface area (TPSA) is 67.2 Å². The second-order valence-electron chi connectivity index (χ2n) is 3.46. The van der Waals surface area contributed by atoms with E-state index in [0.717, 1.165) is 25.1 Å². The molecule has 0 saturated carbocycles. The Balaban J connectivity index is 2.58. The van der Waals surface area contributed by atoms with Gasteiger partial charge in [0.2, 0.25) is 0 Å². The number of carboxylic acid groups (broad SMARTS) is 1. The van der Waals surface area contributed by atoms with Crippen molar-refractivity contribution in [3.63, 3.8) is 0 Å². The average molecular weight is 211 g/mol. The Bertz CT molecular complexity index is 333. The maximum Gasteiger partial charge on any atom is 0.339 e. The normalized spacial score (nSPS) is 10.5. The Hall–Kier alpha value is -1.36. The van der Waals surface area contributed by atoms with Crippen molar-refractivity contribution in [3.8, 4) is 0 Å². The Morgan fingerprint density at radius 2 is 2.40 bits per heavy atom. The lowest BCUT2D eigenvalue weighted by molar-refractivity contribution is 0.0695. The highest BCUT2D eigenvalue weighted by Crippen LogP contribution is 2.06. The van der Waals surface area contributed by atoms with Crippen molar-refractivity contribution in [2.24, 2.45) is 7.05 Å². The monoisotopic (exact) mass is 211 g/mol. The number of hydrogen-bond donors (Lipinski definition) is 2. The molecule has 0 radical (unpaired) electrons. The molecular weight excluding hydrogens is 194 g/mol. The molecule has 1 aromatic heterocycles. The van der Waals surface area contributed by atoms with E-state index in [1.165, 1.54) is 6.20 Å². The van der Waals surface area contributed by atoms with E-state index in [1.54, 1.807) is 11.7 Å². The molecular formula is C10H17N3O2. The van der Waals surface area contributed by atoms with E-state index >= 15 is 0 Å². The molecule has 15 heavy (non-hydrogen) atoms. The number of unbranched alkanes of at least 4 members (excludes halogenated alkanes) is 1. The number of carbonyl (C=O) groups is 1. The Kier molecular flexibility index (Phi) is 4.30. The van der Waals surface area contributed by atoms with Crippen LogP contribution in [0.1, 0.15) is 35.8 Å². The summed E-state index contributed by atoms with van der Waals surface area (Å²) < 4.78 is 1.60. The first-order chi connectivity index (χ1) is 7.16. The molecule has 0 aliphatic heterocycles. The van der Waals surface area contributed by atoms with Crippen LogP contribution in [0.3, 0.4) is 0 Å². The molecule has 0 amide bonds. The third-order valence-electron chi connectivity index (χ3n) is 2.29. The molecule has 0 aromatic carbocycles. The zero-order valence-corrected chi connectivity index (χ0v) is 9.16. The van der Waals surface area contributed by atoms with Gasteiger partial charge in [-0.25, -0.2) is 4.79 Å². The van der Waals surface area contributed by atoms with Crippen LogP contribution < -0.4 is 5.32 Å². The van der Waals surface area contributed by atoms with Crippen molar-refractivity contribution in [1.82, 2.24) is 15.1 Å². The van der Waals surface area contributed by atoms with Gasteiger partial charge >= 0.3 is 5.97 Å². The summed E-state index contributed by atoms with van der Waals surface area (Å²) in [5.74, 6) is -0.921. The third kappa shape index (κ3) is 3.06. The lowest BCUT2D eigenvalue weighted by Crippen LogP contribution is -2.18. The Morgan fingerprint density at radius 3 is 3.00 bits per heavy atom. The maximum absolute atomic E-state index is 10.8. The summed E-state index contributed by atoms with van der Waals surface area (Å²) in [5.41, 5.74) is 1.00. The highest BCUT2D eigenvalue weighted by Gasteiger charge is 2.13. The predicted molar refractivity (Wildman–Crippen MR) is 56.8 cm³/mol. The smallest absolute Gasteiger partial charge is 0.339 e. The first-order valence-corrected chi connectivity index (χ1v) is 5.11. The number of aryl methyl sites for hydroxylation is 1. The molecule has 0 aliphatic carbocycles. The fraction of sp³-hybridized carbons (Fsp3) is 0.600. The van der Waals surface area contributed by atoms with E-state index < -0.39 is 5.97 Å². The molecule has 1 rings (SSSR count). The number of aromatic carboxylic acids is 1. The van der Waals surface area contributed by atoms with Crippen LogP contribution in [-0.2, 0) is 13.6 Å². The standard InChI is InChI=1S/C10H17N3O2/c1-3-4-5-11-7-9-8(10(14)15)6-12-13(9)2/h6,11H,3-5,7H2,1-2H3,(H,14,15). The molecule has 2 N–H and O–H groups in total. The third-order valence-corrected chi connectivity index (χ3v) is 2.29. The molecule has 5 nitrogen and oxygen atoms in total. The van der Waals surface area contributed by atoms with Gasteiger partial charge < -0.3 is 10.4 Å². The summed E-state index contributed by atoms with van der Waals surface area (Å²) in [6.45, 7) is 3.58. The van der Waals surface area contributed by atoms with Gasteiger partial charge in [0.25, 0.3) is 0 Å². The van der Waals surface area contributed by atoms with Gasteiger partial charge in [0, 0.05) is 13.6 Å². The van der Waals surface area contributed by atoms with Crippen molar-refractivity contribution in [2.75, 3.05) is 6.54 Å². The highest BCUT2D eigenvalue weighted by molar-refractivity contribution is 5.88. The van der Waals surface area contributed by atoms with Gasteiger partial charge in [-0.2, -0.15) is 5.10 Å². The molecule has 0 unspecified atom stereocenters. The first-order valence-electron chi connectivity index (χ1n) is 5.11. The van der Waals surface area contributed by atoms with Gasteiger partial charge in [0.15, 0.2) is 0 Å². The zero-order valence-electron chi connectivity index (χ0n) is 9.16. The van der Waals surface area contributed by atoms with E-state index in [0.29, 0.717) is 6.54 Å². The van der Waals surface area contributed by atoms with Crippen LogP contribution in [0.5, 0.6) is 0 Å². The predicted octanol–water partition coefficient (Wildman–Crippen LogP) is 1.01. The largest absolute Gasteiger partial charge is 0.478 e. The van der Waals surface area contributed by atoms with Crippen LogP contribution >= 0.6 is 0 Å². The van der Waals surface area contributed by atoms with Gasteiger partial charge in [0.1, 0.15) is 5.56 Å². The van der Waals surface area contributed by atoms with Crippen molar-refractivity contribution in [1.29, 1.82) is 0 Å². The molecule has 0 saturated heterocycles. The molecule has 84 valence electrons. The molecule has 0 fully saturated rings. The molecule has 1 aromatic rings. The average Bonchev–Trinajstić information content (AvgIpc) is 2.55. The first kappa shape index (κ1) is 11.7. The summed E-state index contributed by atoms with van der Waals surface area (Å²) in [7, 11) is 1.75. The van der Waals surface area contributed by atoms with Crippen LogP contribution in [0.15, 0.2) is 6.20 Å². The minimum Gasteiger partial charge on any atom is -0.478 e. The summed E-state index contributed by atoms with van der Waals surface area (Å²) in [5, 5.41) is 16.0. The molecule has 5 heteroatoms. The number of nitrogens with zero attached hydrogens (tertiary/aromatic N) is 2. The van der Waals surface area contributed by atoms with Gasteiger partial charge in [-0.15, -0.1) is 0 Å². The summed E-state index contributed by atoms with van der Waals surface area (Å²) in [6.07, 6.45) is 3.61. The number of aromatic nitrogens is 2. The lowest BCUT2D eigenvalue weighted by atomic mass is 10.2. The number of nitrogens with one attached hydrogen (secondary N) is 1. The van der Waals surface area contributed by atoms with Crippen LogP contribution in [0.2, 0.25) is 0 Å². The van der Waals surface area contributed by atoms with Gasteiger partial charge in [-0.05, 0) is 13.0 Å². The summed E-state index contributed by atoms with van der Waals surface area (Å²) >= 11 is 0. The van der Waals surface area contributed by atoms with Crippen LogP contribution in [0, 0.1) is 0 Å². The molecule has 0 spiro atoms. The summed E-state index contributed by atoms with van der Waals surface area (Å²) in [6, 6.07) is 0. The minimum atomic E-state index is -0.921. The Labute approximate surface area is 89.1 Å². The second kappa shape index (κ2) is 5.50. The Morgan fingerprint density at radius 1 is 1.67 bits per heavy atom. The van der Waals surface area contributed by atoms with Gasteiger partial charge in [-0.3, -0.25) is 4.68 Å². The molecule has 0 atom stereocenters. The highest BCUT2D eigenvalue weighted by atomic mass is 16.4. The van der Waals surface area contributed by atoms with Crippen molar-refractivity contribution in [3.05, 3.63) is 17.5 Å². The number of hydrogen-bond acceptors (Lipinski definition) is 3. The summed E-state index contributed by atoms with van der Waals surface area (Å²) in [4.78, 5) is 10.8.